The van der Waals surface area contributed by atoms with Gasteiger partial charge in [-0.3, -0.25) is 4.79 Å². The summed E-state index contributed by atoms with van der Waals surface area (Å²) in [5.41, 5.74) is -2.14. The van der Waals surface area contributed by atoms with Gasteiger partial charge in [0.05, 0.1) is 30.8 Å². The standard InChI is InChI=1S/C23H16F3NO4/c1-30-15-10-7-14(8-11-15)20(28)18-17-12-9-13-5-3-4-6-16(13)27(17)21(23(24,25)26)19(18)22(29)31-2/h3-12H,1-2H3. The molecule has 4 rings (SSSR count). The van der Waals surface area contributed by atoms with Gasteiger partial charge in [0.1, 0.15) is 17.0 Å². The molecule has 31 heavy (non-hydrogen) atoms. The highest BCUT2D eigenvalue weighted by Crippen LogP contribution is 2.40. The van der Waals surface area contributed by atoms with E-state index in [4.69, 9.17) is 4.74 Å². The van der Waals surface area contributed by atoms with E-state index in [1.54, 1.807) is 24.3 Å². The number of hydrogen-bond donors (Lipinski definition) is 0. The minimum Gasteiger partial charge on any atom is -0.497 e. The van der Waals surface area contributed by atoms with E-state index in [2.05, 4.69) is 4.74 Å². The summed E-state index contributed by atoms with van der Waals surface area (Å²) in [5.74, 6) is -1.49. The zero-order valence-corrected chi connectivity index (χ0v) is 16.5. The number of para-hydroxylation sites is 1. The van der Waals surface area contributed by atoms with Crippen molar-refractivity contribution < 1.29 is 32.2 Å². The third kappa shape index (κ3) is 3.30. The average molecular weight is 427 g/mol. The number of halogens is 3. The maximum atomic E-state index is 14.2. The number of methoxy groups -OCH3 is 2. The molecular weight excluding hydrogens is 411 g/mol. The molecule has 2 aromatic heterocycles. The number of pyridine rings is 1. The lowest BCUT2D eigenvalue weighted by Crippen LogP contribution is -2.17. The summed E-state index contributed by atoms with van der Waals surface area (Å²) >= 11 is 0. The van der Waals surface area contributed by atoms with Crippen molar-refractivity contribution in [1.29, 1.82) is 0 Å². The lowest BCUT2D eigenvalue weighted by molar-refractivity contribution is -0.142. The number of carbonyl (C=O) groups excluding carboxylic acids is 2. The third-order valence-electron chi connectivity index (χ3n) is 5.04. The maximum absolute atomic E-state index is 14.2. The zero-order chi connectivity index (χ0) is 22.3. The SMILES string of the molecule is COC(=O)c1c(C(=O)c2ccc(OC)cc2)c2ccc3ccccc3n2c1C(F)(F)F. The number of aromatic nitrogens is 1. The first kappa shape index (κ1) is 20.5. The number of ketones is 1. The van der Waals surface area contributed by atoms with Gasteiger partial charge in [-0.25, -0.2) is 4.79 Å². The van der Waals surface area contributed by atoms with Crippen molar-refractivity contribution in [3.8, 4) is 5.75 Å². The molecule has 0 unspecified atom stereocenters. The quantitative estimate of drug-likeness (QED) is 0.334. The smallest absolute Gasteiger partial charge is 0.432 e. The first-order valence-electron chi connectivity index (χ1n) is 9.18. The van der Waals surface area contributed by atoms with Crippen molar-refractivity contribution >= 4 is 28.2 Å². The van der Waals surface area contributed by atoms with Gasteiger partial charge in [-0.05, 0) is 41.8 Å². The molecule has 0 radical (unpaired) electrons. The Labute approximate surface area is 174 Å². The highest BCUT2D eigenvalue weighted by atomic mass is 19.4. The minimum atomic E-state index is -4.92. The van der Waals surface area contributed by atoms with E-state index in [0.29, 0.717) is 11.1 Å². The highest BCUT2D eigenvalue weighted by Gasteiger charge is 2.43. The van der Waals surface area contributed by atoms with E-state index in [1.807, 2.05) is 0 Å². The molecule has 0 bridgehead atoms. The van der Waals surface area contributed by atoms with Gasteiger partial charge < -0.3 is 13.9 Å². The van der Waals surface area contributed by atoms with Crippen LogP contribution in [0.3, 0.4) is 0 Å². The van der Waals surface area contributed by atoms with Crippen LogP contribution >= 0.6 is 0 Å². The topological polar surface area (TPSA) is 57.0 Å². The van der Waals surface area contributed by atoms with Gasteiger partial charge in [-0.2, -0.15) is 13.2 Å². The van der Waals surface area contributed by atoms with E-state index in [9.17, 15) is 22.8 Å². The molecular formula is C23H16F3NO4. The van der Waals surface area contributed by atoms with E-state index in [1.165, 1.54) is 43.5 Å². The molecule has 158 valence electrons. The molecule has 8 heteroatoms. The largest absolute Gasteiger partial charge is 0.497 e. The minimum absolute atomic E-state index is 0.0350. The predicted octanol–water partition coefficient (Wildman–Crippen LogP) is 5.14. The predicted molar refractivity (Wildman–Crippen MR) is 108 cm³/mol. The van der Waals surface area contributed by atoms with Gasteiger partial charge in [0.25, 0.3) is 0 Å². The molecule has 2 heterocycles. The number of benzene rings is 2. The van der Waals surface area contributed by atoms with Crippen LogP contribution in [-0.4, -0.2) is 30.4 Å². The molecule has 0 amide bonds. The normalized spacial score (nSPS) is 11.6. The van der Waals surface area contributed by atoms with Gasteiger partial charge in [0, 0.05) is 5.56 Å². The molecule has 0 saturated carbocycles. The van der Waals surface area contributed by atoms with Crippen LogP contribution in [0.4, 0.5) is 13.2 Å². The van der Waals surface area contributed by atoms with Crippen LogP contribution < -0.4 is 4.74 Å². The first-order chi connectivity index (χ1) is 14.8. The molecule has 0 aliphatic carbocycles. The first-order valence-corrected chi connectivity index (χ1v) is 9.18. The number of nitrogens with zero attached hydrogens (tertiary/aromatic N) is 1. The van der Waals surface area contributed by atoms with Crippen molar-refractivity contribution in [2.45, 2.75) is 6.18 Å². The second kappa shape index (κ2) is 7.46. The molecule has 0 aliphatic heterocycles. The van der Waals surface area contributed by atoms with Crippen molar-refractivity contribution in [2.75, 3.05) is 14.2 Å². The summed E-state index contributed by atoms with van der Waals surface area (Å²) in [5, 5.41) is 0.523. The van der Waals surface area contributed by atoms with Crippen LogP contribution in [0, 0.1) is 0 Å². The second-order valence-corrected chi connectivity index (χ2v) is 6.76. The number of hydrogen-bond acceptors (Lipinski definition) is 4. The molecule has 2 aromatic carbocycles. The fourth-order valence-corrected chi connectivity index (χ4v) is 3.69. The van der Waals surface area contributed by atoms with Crippen LogP contribution in [0.15, 0.2) is 60.7 Å². The Balaban J connectivity index is 2.14. The van der Waals surface area contributed by atoms with E-state index < -0.39 is 29.2 Å². The van der Waals surface area contributed by atoms with E-state index in [-0.39, 0.29) is 22.2 Å². The average Bonchev–Trinajstić information content (AvgIpc) is 3.14. The molecule has 0 saturated heterocycles. The van der Waals surface area contributed by atoms with Crippen LogP contribution in [0.25, 0.3) is 16.4 Å². The number of fused-ring (bicyclic) bond motifs is 3. The van der Waals surface area contributed by atoms with Crippen molar-refractivity contribution in [1.82, 2.24) is 4.40 Å². The summed E-state index contributed by atoms with van der Waals surface area (Å²) in [4.78, 5) is 25.9. The molecule has 0 spiro atoms. The maximum Gasteiger partial charge on any atom is 0.432 e. The second-order valence-electron chi connectivity index (χ2n) is 6.76. The fraction of sp³-hybridized carbons (Fsp3) is 0.130. The van der Waals surface area contributed by atoms with Gasteiger partial charge >= 0.3 is 12.1 Å². The number of alkyl halides is 3. The summed E-state index contributed by atoms with van der Waals surface area (Å²) in [6.45, 7) is 0. The van der Waals surface area contributed by atoms with Crippen LogP contribution in [-0.2, 0) is 10.9 Å². The lowest BCUT2D eigenvalue weighted by Gasteiger charge is -2.11. The Morgan fingerprint density at radius 2 is 1.52 bits per heavy atom. The van der Waals surface area contributed by atoms with Crippen LogP contribution in [0.5, 0.6) is 5.75 Å². The van der Waals surface area contributed by atoms with Gasteiger partial charge in [-0.15, -0.1) is 0 Å². The Kier molecular flexibility index (Phi) is 4.93. The Morgan fingerprint density at radius 3 is 2.13 bits per heavy atom. The fourth-order valence-electron chi connectivity index (χ4n) is 3.69. The Morgan fingerprint density at radius 1 is 0.839 bits per heavy atom. The molecule has 5 nitrogen and oxygen atoms in total. The molecule has 0 aliphatic rings. The third-order valence-corrected chi connectivity index (χ3v) is 5.04. The Bertz CT molecular complexity index is 1320. The molecule has 0 atom stereocenters. The lowest BCUT2D eigenvalue weighted by atomic mass is 9.99. The van der Waals surface area contributed by atoms with Crippen molar-refractivity contribution in [2.24, 2.45) is 0 Å². The Hall–Kier alpha value is -3.81. The zero-order valence-electron chi connectivity index (χ0n) is 16.5. The number of ether oxygens (including phenoxy) is 2. The monoisotopic (exact) mass is 427 g/mol. The van der Waals surface area contributed by atoms with Crippen molar-refractivity contribution in [3.63, 3.8) is 0 Å². The molecule has 0 N–H and O–H groups in total. The number of carbonyl (C=O) groups is 2. The van der Waals surface area contributed by atoms with Crippen LogP contribution in [0.1, 0.15) is 32.0 Å². The van der Waals surface area contributed by atoms with Gasteiger partial charge in [-0.1, -0.05) is 24.3 Å². The van der Waals surface area contributed by atoms with Gasteiger partial charge in [0.15, 0.2) is 5.78 Å². The van der Waals surface area contributed by atoms with E-state index in [0.717, 1.165) is 11.5 Å². The molecule has 4 aromatic rings. The summed E-state index contributed by atoms with van der Waals surface area (Å²) in [6.07, 6.45) is -4.92. The van der Waals surface area contributed by atoms with Gasteiger partial charge in [0.2, 0.25) is 0 Å². The number of rotatable bonds is 4. The molecule has 0 fully saturated rings. The summed E-state index contributed by atoms with van der Waals surface area (Å²) in [6, 6.07) is 15.3. The van der Waals surface area contributed by atoms with Crippen molar-refractivity contribution in [3.05, 3.63) is 83.0 Å². The van der Waals surface area contributed by atoms with E-state index >= 15 is 0 Å². The summed E-state index contributed by atoms with van der Waals surface area (Å²) < 4.78 is 53.3. The summed E-state index contributed by atoms with van der Waals surface area (Å²) in [7, 11) is 2.43. The number of esters is 1. The highest BCUT2D eigenvalue weighted by molar-refractivity contribution is 6.20. The van der Waals surface area contributed by atoms with Crippen LogP contribution in [0.2, 0.25) is 0 Å².